The first kappa shape index (κ1) is 17.3. The van der Waals surface area contributed by atoms with E-state index in [0.29, 0.717) is 24.2 Å². The SMILES string of the molecule is CC(C)(C)OC(=O)NC1CN([C@@H](C(=O)O)c2coc3ccccc23)C1. The summed E-state index contributed by atoms with van der Waals surface area (Å²) >= 11 is 0. The third kappa shape index (κ3) is 3.76. The number of aliphatic carboxylic acids is 1. The molecule has 0 radical (unpaired) electrons. The molecule has 3 rings (SSSR count). The predicted octanol–water partition coefficient (Wildman–Crippen LogP) is 2.77. The number of fused-ring (bicyclic) bond motifs is 1. The largest absolute Gasteiger partial charge is 0.480 e. The highest BCUT2D eigenvalue weighted by atomic mass is 16.6. The third-order valence-electron chi connectivity index (χ3n) is 4.04. The van der Waals surface area contributed by atoms with Gasteiger partial charge in [0.15, 0.2) is 0 Å². The second-order valence-electron chi connectivity index (χ2n) is 7.23. The first-order valence-electron chi connectivity index (χ1n) is 8.17. The smallest absolute Gasteiger partial charge is 0.407 e. The van der Waals surface area contributed by atoms with Crippen molar-refractivity contribution in [3.8, 4) is 0 Å². The van der Waals surface area contributed by atoms with Crippen LogP contribution in [0.4, 0.5) is 4.79 Å². The zero-order valence-electron chi connectivity index (χ0n) is 14.5. The van der Waals surface area contributed by atoms with E-state index in [1.54, 1.807) is 31.7 Å². The van der Waals surface area contributed by atoms with E-state index in [1.165, 1.54) is 6.26 Å². The van der Waals surface area contributed by atoms with E-state index in [4.69, 9.17) is 9.15 Å². The Labute approximate surface area is 145 Å². The van der Waals surface area contributed by atoms with Crippen molar-refractivity contribution in [1.82, 2.24) is 10.2 Å². The summed E-state index contributed by atoms with van der Waals surface area (Å²) in [6.45, 7) is 6.27. The molecule has 0 unspecified atom stereocenters. The fraction of sp³-hybridized carbons (Fsp3) is 0.444. The van der Waals surface area contributed by atoms with Gasteiger partial charge in [0, 0.05) is 24.0 Å². The average molecular weight is 346 g/mol. The van der Waals surface area contributed by atoms with E-state index in [2.05, 4.69) is 5.32 Å². The topological polar surface area (TPSA) is 92.0 Å². The Kier molecular flexibility index (Phi) is 4.43. The van der Waals surface area contributed by atoms with Gasteiger partial charge >= 0.3 is 12.1 Å². The van der Waals surface area contributed by atoms with Crippen molar-refractivity contribution in [2.75, 3.05) is 13.1 Å². The van der Waals surface area contributed by atoms with E-state index < -0.39 is 23.7 Å². The summed E-state index contributed by atoms with van der Waals surface area (Å²) in [5, 5.41) is 13.2. The van der Waals surface area contributed by atoms with E-state index in [-0.39, 0.29) is 6.04 Å². The molecule has 0 spiro atoms. The van der Waals surface area contributed by atoms with Crippen LogP contribution in [0.5, 0.6) is 0 Å². The van der Waals surface area contributed by atoms with Gasteiger partial charge in [0.05, 0.1) is 12.3 Å². The second kappa shape index (κ2) is 6.40. The van der Waals surface area contributed by atoms with Gasteiger partial charge in [-0.15, -0.1) is 0 Å². The molecule has 2 N–H and O–H groups in total. The molecule has 7 heteroatoms. The van der Waals surface area contributed by atoms with Crippen LogP contribution in [0, 0.1) is 0 Å². The van der Waals surface area contributed by atoms with Gasteiger partial charge in [0.25, 0.3) is 0 Å². The zero-order chi connectivity index (χ0) is 18.2. The molecule has 2 heterocycles. The molecule has 1 atom stereocenters. The molecule has 1 saturated heterocycles. The van der Waals surface area contributed by atoms with E-state index in [1.807, 2.05) is 18.2 Å². The van der Waals surface area contributed by atoms with E-state index >= 15 is 0 Å². The average Bonchev–Trinajstić information content (AvgIpc) is 2.86. The molecule has 0 saturated carbocycles. The fourth-order valence-electron chi connectivity index (χ4n) is 2.99. The molecule has 1 aromatic heterocycles. The van der Waals surface area contributed by atoms with Crippen molar-refractivity contribution in [3.05, 3.63) is 36.1 Å². The number of alkyl carbamates (subject to hydrolysis) is 1. The minimum Gasteiger partial charge on any atom is -0.480 e. The molecule has 25 heavy (non-hydrogen) atoms. The minimum atomic E-state index is -0.942. The van der Waals surface area contributed by atoms with Gasteiger partial charge < -0.3 is 19.6 Å². The third-order valence-corrected chi connectivity index (χ3v) is 4.04. The Balaban J connectivity index is 1.67. The van der Waals surface area contributed by atoms with Crippen LogP contribution >= 0.6 is 0 Å². The van der Waals surface area contributed by atoms with Crippen molar-refractivity contribution >= 4 is 23.0 Å². The molecular weight excluding hydrogens is 324 g/mol. The lowest BCUT2D eigenvalue weighted by molar-refractivity contribution is -0.145. The number of benzene rings is 1. The van der Waals surface area contributed by atoms with Crippen molar-refractivity contribution in [1.29, 1.82) is 0 Å². The molecule has 2 aromatic rings. The number of rotatable bonds is 4. The van der Waals surface area contributed by atoms with Crippen molar-refractivity contribution in [2.45, 2.75) is 38.5 Å². The van der Waals surface area contributed by atoms with Gasteiger partial charge in [-0.1, -0.05) is 18.2 Å². The number of carboxylic acid groups (broad SMARTS) is 1. The van der Waals surface area contributed by atoms with Gasteiger partial charge in [-0.25, -0.2) is 4.79 Å². The van der Waals surface area contributed by atoms with Crippen LogP contribution in [-0.2, 0) is 9.53 Å². The number of furan rings is 1. The molecule has 1 fully saturated rings. The Morgan fingerprint density at radius 1 is 1.32 bits per heavy atom. The lowest BCUT2D eigenvalue weighted by Gasteiger charge is -2.42. The maximum Gasteiger partial charge on any atom is 0.407 e. The standard InChI is InChI=1S/C18H22N2O5/c1-18(2,3)25-17(23)19-11-8-20(9-11)15(16(21)22)13-10-24-14-7-5-4-6-12(13)14/h4-7,10-11,15H,8-9H2,1-3H3,(H,19,23)(H,21,22)/t15-/m1/s1. The van der Waals surface area contributed by atoms with E-state index in [9.17, 15) is 14.7 Å². The molecule has 0 aliphatic carbocycles. The first-order chi connectivity index (χ1) is 11.7. The highest BCUT2D eigenvalue weighted by Crippen LogP contribution is 2.33. The van der Waals surface area contributed by atoms with Gasteiger partial charge in [-0.2, -0.15) is 0 Å². The van der Waals surface area contributed by atoms with Crippen molar-refractivity contribution < 1.29 is 23.8 Å². The molecule has 0 bridgehead atoms. The van der Waals surface area contributed by atoms with Crippen molar-refractivity contribution in [2.24, 2.45) is 0 Å². The summed E-state index contributed by atoms with van der Waals surface area (Å²) < 4.78 is 10.7. The Morgan fingerprint density at radius 3 is 2.64 bits per heavy atom. The predicted molar refractivity (Wildman–Crippen MR) is 91.3 cm³/mol. The molecule has 1 amide bonds. The second-order valence-corrected chi connectivity index (χ2v) is 7.23. The highest BCUT2D eigenvalue weighted by Gasteiger charge is 2.39. The van der Waals surface area contributed by atoms with Crippen LogP contribution < -0.4 is 5.32 Å². The summed E-state index contributed by atoms with van der Waals surface area (Å²) in [5.41, 5.74) is 0.721. The highest BCUT2D eigenvalue weighted by molar-refractivity contribution is 5.87. The Morgan fingerprint density at radius 2 is 2.00 bits per heavy atom. The molecule has 1 aliphatic heterocycles. The molecule has 134 valence electrons. The minimum absolute atomic E-state index is 0.130. The number of likely N-dealkylation sites (tertiary alicyclic amines) is 1. The van der Waals surface area contributed by atoms with Crippen LogP contribution in [-0.4, -0.2) is 46.8 Å². The number of nitrogens with one attached hydrogen (secondary N) is 1. The first-order valence-corrected chi connectivity index (χ1v) is 8.17. The lowest BCUT2D eigenvalue weighted by atomic mass is 9.99. The van der Waals surface area contributed by atoms with Gasteiger partial charge in [-0.05, 0) is 26.8 Å². The number of carboxylic acids is 1. The van der Waals surface area contributed by atoms with Gasteiger partial charge in [0.2, 0.25) is 0 Å². The monoisotopic (exact) mass is 346 g/mol. The molecule has 1 aliphatic rings. The molecule has 7 nitrogen and oxygen atoms in total. The number of carbonyl (C=O) groups excluding carboxylic acids is 1. The van der Waals surface area contributed by atoms with Gasteiger partial charge in [-0.3, -0.25) is 9.69 Å². The van der Waals surface area contributed by atoms with Crippen LogP contribution in [0.25, 0.3) is 11.0 Å². The number of carbonyl (C=O) groups is 2. The maximum atomic E-state index is 11.8. The van der Waals surface area contributed by atoms with Crippen molar-refractivity contribution in [3.63, 3.8) is 0 Å². The summed E-state index contributed by atoms with van der Waals surface area (Å²) in [6.07, 6.45) is 1.01. The number of hydrogen-bond donors (Lipinski definition) is 2. The van der Waals surface area contributed by atoms with Crippen LogP contribution in [0.1, 0.15) is 32.4 Å². The van der Waals surface area contributed by atoms with Gasteiger partial charge in [0.1, 0.15) is 17.2 Å². The molecule has 1 aromatic carbocycles. The fourth-order valence-corrected chi connectivity index (χ4v) is 2.99. The number of ether oxygens (including phenoxy) is 1. The van der Waals surface area contributed by atoms with Crippen LogP contribution in [0.2, 0.25) is 0 Å². The number of amides is 1. The summed E-state index contributed by atoms with van der Waals surface area (Å²) in [4.78, 5) is 25.4. The zero-order valence-corrected chi connectivity index (χ0v) is 14.5. The van der Waals surface area contributed by atoms with Crippen LogP contribution in [0.3, 0.4) is 0 Å². The summed E-state index contributed by atoms with van der Waals surface area (Å²) in [6, 6.07) is 6.41. The Bertz CT molecular complexity index is 786. The summed E-state index contributed by atoms with van der Waals surface area (Å²) in [5.74, 6) is -0.942. The molecular formula is C18H22N2O5. The Hall–Kier alpha value is -2.54. The normalized spacial score (nSPS) is 17.1. The van der Waals surface area contributed by atoms with E-state index in [0.717, 1.165) is 5.39 Å². The maximum absolute atomic E-state index is 11.8. The quantitative estimate of drug-likeness (QED) is 0.884. The summed E-state index contributed by atoms with van der Waals surface area (Å²) in [7, 11) is 0. The lowest BCUT2D eigenvalue weighted by Crippen LogP contribution is -2.61. The number of hydrogen-bond acceptors (Lipinski definition) is 5. The number of para-hydroxylation sites is 1. The van der Waals surface area contributed by atoms with Crippen LogP contribution in [0.15, 0.2) is 34.9 Å². The number of nitrogens with zero attached hydrogens (tertiary/aromatic N) is 1.